The van der Waals surface area contributed by atoms with E-state index in [1.807, 2.05) is 13.8 Å². The summed E-state index contributed by atoms with van der Waals surface area (Å²) in [6.07, 6.45) is 0.528. The van der Waals surface area contributed by atoms with Crippen molar-refractivity contribution in [3.8, 4) is 0 Å². The van der Waals surface area contributed by atoms with Gasteiger partial charge in [0.2, 0.25) is 5.91 Å². The van der Waals surface area contributed by atoms with E-state index in [-0.39, 0.29) is 35.0 Å². The highest BCUT2D eigenvalue weighted by Gasteiger charge is 2.27. The number of nitrogens with zero attached hydrogens (tertiary/aromatic N) is 1. The lowest BCUT2D eigenvalue weighted by atomic mass is 10.1. The molecule has 8 nitrogen and oxygen atoms in total. The smallest absolute Gasteiger partial charge is 0.348 e. The number of carbonyl (C=O) groups excluding carboxylic acids is 3. The molecule has 1 aliphatic heterocycles. The number of carbonyl (C=O) groups is 3. The Kier molecular flexibility index (Phi) is 7.34. The lowest BCUT2D eigenvalue weighted by Crippen LogP contribution is -2.46. The average Bonchev–Trinajstić information content (AvgIpc) is 2.94. The molecule has 0 bridgehead atoms. The van der Waals surface area contributed by atoms with Crippen LogP contribution in [0, 0.1) is 6.92 Å². The van der Waals surface area contributed by atoms with Crippen LogP contribution in [0.1, 0.15) is 45.9 Å². The number of hydrogen-bond donors (Lipinski definition) is 1. The molecule has 1 N–H and O–H groups in total. The second-order valence-electron chi connectivity index (χ2n) is 6.56. The van der Waals surface area contributed by atoms with Crippen LogP contribution in [-0.4, -0.2) is 68.8 Å². The first-order valence-corrected chi connectivity index (χ1v) is 9.56. The fourth-order valence-electron chi connectivity index (χ4n) is 3.15. The van der Waals surface area contributed by atoms with Gasteiger partial charge in [-0.25, -0.2) is 9.59 Å². The van der Waals surface area contributed by atoms with Gasteiger partial charge in [-0.15, -0.1) is 11.3 Å². The van der Waals surface area contributed by atoms with Gasteiger partial charge in [0.15, 0.2) is 0 Å². The molecule has 0 saturated carbocycles. The Hall–Kier alpha value is -1.97. The zero-order chi connectivity index (χ0) is 20.1. The van der Waals surface area contributed by atoms with E-state index in [4.69, 9.17) is 14.2 Å². The number of rotatable bonds is 6. The molecule has 1 amide bonds. The third-order valence-corrected chi connectivity index (χ3v) is 5.50. The molecular weight excluding hydrogens is 372 g/mol. The fourth-order valence-corrected chi connectivity index (χ4v) is 4.28. The Morgan fingerprint density at radius 2 is 1.74 bits per heavy atom. The van der Waals surface area contributed by atoms with Gasteiger partial charge in [-0.3, -0.25) is 9.69 Å². The zero-order valence-corrected chi connectivity index (χ0v) is 17.1. The molecule has 1 aromatic rings. The summed E-state index contributed by atoms with van der Waals surface area (Å²) in [6, 6.07) is 0. The molecule has 1 saturated heterocycles. The monoisotopic (exact) mass is 398 g/mol. The highest BCUT2D eigenvalue weighted by Crippen LogP contribution is 2.34. The minimum absolute atomic E-state index is 0.130. The van der Waals surface area contributed by atoms with Gasteiger partial charge < -0.3 is 19.5 Å². The van der Waals surface area contributed by atoms with Crippen LogP contribution in [-0.2, 0) is 19.0 Å². The van der Waals surface area contributed by atoms with E-state index in [2.05, 4.69) is 10.2 Å². The molecule has 2 unspecified atom stereocenters. The number of nitrogens with one attached hydrogen (secondary N) is 1. The van der Waals surface area contributed by atoms with Gasteiger partial charge in [-0.1, -0.05) is 0 Å². The lowest BCUT2D eigenvalue weighted by Gasteiger charge is -2.35. The summed E-state index contributed by atoms with van der Waals surface area (Å²) < 4.78 is 15.2. The van der Waals surface area contributed by atoms with Crippen LogP contribution in [0.2, 0.25) is 0 Å². The standard InChI is InChI=1S/C18H26N2O6S/c1-10-8-20(9-11(2)26-10)7-6-13(21)19-16-14(17(22)24-4)12(3)15(27-16)18(23)25-5/h10-11H,6-9H2,1-5H3,(H,19,21). The predicted molar refractivity (Wildman–Crippen MR) is 101 cm³/mol. The summed E-state index contributed by atoms with van der Waals surface area (Å²) in [7, 11) is 2.52. The molecule has 27 heavy (non-hydrogen) atoms. The molecule has 9 heteroatoms. The number of esters is 2. The van der Waals surface area contributed by atoms with Crippen LogP contribution in [0.15, 0.2) is 0 Å². The van der Waals surface area contributed by atoms with Crippen molar-refractivity contribution in [1.29, 1.82) is 0 Å². The predicted octanol–water partition coefficient (Wildman–Crippen LogP) is 2.07. The zero-order valence-electron chi connectivity index (χ0n) is 16.3. The fraction of sp³-hybridized carbons (Fsp3) is 0.611. The van der Waals surface area contributed by atoms with Gasteiger partial charge in [-0.05, 0) is 26.3 Å². The van der Waals surface area contributed by atoms with Crippen LogP contribution < -0.4 is 5.32 Å². The molecule has 2 atom stereocenters. The van der Waals surface area contributed by atoms with Crippen molar-refractivity contribution in [2.75, 3.05) is 39.2 Å². The van der Waals surface area contributed by atoms with Crippen molar-refractivity contribution in [2.45, 2.75) is 39.4 Å². The second-order valence-corrected chi connectivity index (χ2v) is 7.58. The maximum Gasteiger partial charge on any atom is 0.348 e. The topological polar surface area (TPSA) is 94.2 Å². The summed E-state index contributed by atoms with van der Waals surface area (Å²) in [5.74, 6) is -1.39. The minimum atomic E-state index is -0.606. The van der Waals surface area contributed by atoms with E-state index >= 15 is 0 Å². The van der Waals surface area contributed by atoms with Crippen LogP contribution >= 0.6 is 11.3 Å². The van der Waals surface area contributed by atoms with Crippen molar-refractivity contribution in [3.63, 3.8) is 0 Å². The normalized spacial score (nSPS) is 20.2. The summed E-state index contributed by atoms with van der Waals surface area (Å²) in [6.45, 7) is 7.78. The highest BCUT2D eigenvalue weighted by molar-refractivity contribution is 7.18. The molecule has 0 spiro atoms. The number of methoxy groups -OCH3 is 2. The maximum atomic E-state index is 12.4. The molecule has 2 rings (SSSR count). The highest BCUT2D eigenvalue weighted by atomic mass is 32.1. The van der Waals surface area contributed by atoms with Crippen molar-refractivity contribution in [2.24, 2.45) is 0 Å². The SMILES string of the molecule is COC(=O)c1sc(NC(=O)CCN2CC(C)OC(C)C2)c(C(=O)OC)c1C. The summed E-state index contributed by atoms with van der Waals surface area (Å²) in [5, 5.41) is 3.04. The Morgan fingerprint density at radius 3 is 2.30 bits per heavy atom. The second kappa shape index (κ2) is 9.29. The number of amides is 1. The Balaban J connectivity index is 2.08. The van der Waals surface area contributed by atoms with Gasteiger partial charge in [0, 0.05) is 26.1 Å². The summed E-state index contributed by atoms with van der Waals surface area (Å²) in [4.78, 5) is 38.9. The summed E-state index contributed by atoms with van der Waals surface area (Å²) in [5.41, 5.74) is 0.620. The Morgan fingerprint density at radius 1 is 1.15 bits per heavy atom. The van der Waals surface area contributed by atoms with Crippen molar-refractivity contribution in [3.05, 3.63) is 16.0 Å². The number of anilines is 1. The van der Waals surface area contributed by atoms with Gasteiger partial charge in [-0.2, -0.15) is 0 Å². The van der Waals surface area contributed by atoms with Gasteiger partial charge >= 0.3 is 11.9 Å². The quantitative estimate of drug-likeness (QED) is 0.733. The van der Waals surface area contributed by atoms with Crippen molar-refractivity contribution in [1.82, 2.24) is 4.90 Å². The van der Waals surface area contributed by atoms with E-state index in [9.17, 15) is 14.4 Å². The Labute approximate surface area is 162 Å². The van der Waals surface area contributed by atoms with Gasteiger partial charge in [0.05, 0.1) is 32.0 Å². The van der Waals surface area contributed by atoms with Gasteiger partial charge in [0.1, 0.15) is 9.88 Å². The molecular formula is C18H26N2O6S. The molecule has 0 radical (unpaired) electrons. The van der Waals surface area contributed by atoms with E-state index in [1.165, 1.54) is 14.2 Å². The Bertz CT molecular complexity index is 707. The van der Waals surface area contributed by atoms with E-state index in [1.54, 1.807) is 6.92 Å². The van der Waals surface area contributed by atoms with Crippen LogP contribution in [0.5, 0.6) is 0 Å². The van der Waals surface area contributed by atoms with E-state index < -0.39 is 11.9 Å². The van der Waals surface area contributed by atoms with Crippen molar-refractivity contribution >= 4 is 34.2 Å². The third-order valence-electron chi connectivity index (χ3n) is 4.31. The van der Waals surface area contributed by atoms with Crippen LogP contribution in [0.3, 0.4) is 0 Å². The first-order chi connectivity index (χ1) is 12.8. The largest absolute Gasteiger partial charge is 0.465 e. The lowest BCUT2D eigenvalue weighted by molar-refractivity contribution is -0.117. The van der Waals surface area contributed by atoms with E-state index in [0.717, 1.165) is 24.4 Å². The molecule has 2 heterocycles. The van der Waals surface area contributed by atoms with Crippen LogP contribution in [0.4, 0.5) is 5.00 Å². The number of thiophene rings is 1. The first-order valence-electron chi connectivity index (χ1n) is 8.74. The molecule has 0 aliphatic carbocycles. The number of ether oxygens (including phenoxy) is 3. The van der Waals surface area contributed by atoms with Crippen molar-refractivity contribution < 1.29 is 28.6 Å². The number of morpholine rings is 1. The molecule has 1 aromatic heterocycles. The maximum absolute atomic E-state index is 12.4. The molecule has 1 fully saturated rings. The number of hydrogen-bond acceptors (Lipinski definition) is 8. The van der Waals surface area contributed by atoms with Crippen LogP contribution in [0.25, 0.3) is 0 Å². The first kappa shape index (κ1) is 21.3. The minimum Gasteiger partial charge on any atom is -0.465 e. The average molecular weight is 398 g/mol. The molecule has 0 aromatic carbocycles. The molecule has 1 aliphatic rings. The third kappa shape index (κ3) is 5.27. The van der Waals surface area contributed by atoms with Gasteiger partial charge in [0.25, 0.3) is 0 Å². The van der Waals surface area contributed by atoms with E-state index in [0.29, 0.717) is 17.1 Å². The molecule has 150 valence electrons. The summed E-state index contributed by atoms with van der Waals surface area (Å²) >= 11 is 1.01.